The summed E-state index contributed by atoms with van der Waals surface area (Å²) in [6.45, 7) is 1.20. The second kappa shape index (κ2) is 10.7. The Morgan fingerprint density at radius 1 is 1.05 bits per heavy atom. The van der Waals surface area contributed by atoms with Crippen molar-refractivity contribution in [1.82, 2.24) is 0 Å². The van der Waals surface area contributed by atoms with Crippen LogP contribution in [-0.4, -0.2) is 23.7 Å². The SMILES string of the molecule is COc1cc(/C=C2/C(=O)N(c3c(F)c(F)c(F)c(F)c3F)N=C2C)cc(Cl)c1OCc1cccc([N+](=O)[O-])c1. The van der Waals surface area contributed by atoms with Crippen LogP contribution in [0, 0.1) is 39.2 Å². The number of anilines is 1. The summed E-state index contributed by atoms with van der Waals surface area (Å²) in [6.07, 6.45) is 1.23. The number of methoxy groups -OCH3 is 1. The Balaban J connectivity index is 1.64. The highest BCUT2D eigenvalue weighted by Crippen LogP contribution is 2.39. The van der Waals surface area contributed by atoms with Gasteiger partial charge in [0.1, 0.15) is 12.3 Å². The van der Waals surface area contributed by atoms with Crippen LogP contribution in [-0.2, 0) is 11.4 Å². The summed E-state index contributed by atoms with van der Waals surface area (Å²) in [5.41, 5.74) is -1.22. The molecule has 39 heavy (non-hydrogen) atoms. The Labute approximate surface area is 221 Å². The van der Waals surface area contributed by atoms with Crippen LogP contribution in [0.4, 0.5) is 33.3 Å². The van der Waals surface area contributed by atoms with Gasteiger partial charge in [-0.3, -0.25) is 14.9 Å². The number of hydrazone groups is 1. The largest absolute Gasteiger partial charge is 0.493 e. The Kier molecular flexibility index (Phi) is 7.54. The summed E-state index contributed by atoms with van der Waals surface area (Å²) < 4.78 is 80.3. The molecule has 1 amide bonds. The summed E-state index contributed by atoms with van der Waals surface area (Å²) >= 11 is 6.35. The lowest BCUT2D eigenvalue weighted by atomic mass is 10.1. The van der Waals surface area contributed by atoms with Gasteiger partial charge in [0, 0.05) is 12.1 Å². The van der Waals surface area contributed by atoms with Gasteiger partial charge < -0.3 is 9.47 Å². The lowest BCUT2D eigenvalue weighted by Crippen LogP contribution is -2.25. The van der Waals surface area contributed by atoms with Crippen molar-refractivity contribution in [3.63, 3.8) is 0 Å². The number of carbonyl (C=O) groups is 1. The second-order valence-electron chi connectivity index (χ2n) is 8.03. The predicted molar refractivity (Wildman–Crippen MR) is 130 cm³/mol. The molecule has 3 aromatic carbocycles. The van der Waals surface area contributed by atoms with E-state index in [4.69, 9.17) is 21.1 Å². The molecule has 0 fully saturated rings. The Hall–Kier alpha value is -4.52. The Morgan fingerprint density at radius 3 is 2.31 bits per heavy atom. The minimum absolute atomic E-state index is 0.0169. The predicted octanol–water partition coefficient (Wildman–Crippen LogP) is 6.34. The van der Waals surface area contributed by atoms with E-state index in [0.717, 1.165) is 0 Å². The van der Waals surface area contributed by atoms with Crippen molar-refractivity contribution >= 4 is 40.7 Å². The molecule has 0 atom stereocenters. The molecule has 3 aromatic rings. The first kappa shape index (κ1) is 27.5. The normalized spacial score (nSPS) is 14.2. The number of nitro groups is 1. The third-order valence-electron chi connectivity index (χ3n) is 5.53. The van der Waals surface area contributed by atoms with Crippen molar-refractivity contribution in [1.29, 1.82) is 0 Å². The van der Waals surface area contributed by atoms with E-state index in [1.165, 1.54) is 50.4 Å². The molecule has 0 aliphatic carbocycles. The number of nitro benzene ring substituents is 1. The molecule has 4 rings (SSSR count). The fourth-order valence-corrected chi connectivity index (χ4v) is 3.93. The number of ether oxygens (including phenoxy) is 2. The van der Waals surface area contributed by atoms with Crippen molar-refractivity contribution in [3.05, 3.63) is 97.3 Å². The van der Waals surface area contributed by atoms with Gasteiger partial charge in [0.25, 0.3) is 11.6 Å². The molecule has 0 aromatic heterocycles. The molecule has 1 heterocycles. The van der Waals surface area contributed by atoms with Crippen molar-refractivity contribution in [2.75, 3.05) is 12.1 Å². The summed E-state index contributed by atoms with van der Waals surface area (Å²) in [4.78, 5) is 23.3. The lowest BCUT2D eigenvalue weighted by molar-refractivity contribution is -0.384. The number of rotatable bonds is 7. The van der Waals surface area contributed by atoms with Gasteiger partial charge in [0.05, 0.1) is 28.3 Å². The molecule has 8 nitrogen and oxygen atoms in total. The van der Waals surface area contributed by atoms with Crippen LogP contribution in [0.5, 0.6) is 11.5 Å². The maximum atomic E-state index is 14.3. The van der Waals surface area contributed by atoms with Crippen LogP contribution in [0.25, 0.3) is 6.08 Å². The number of hydrogen-bond acceptors (Lipinski definition) is 6. The van der Waals surface area contributed by atoms with Crippen LogP contribution >= 0.6 is 11.6 Å². The minimum Gasteiger partial charge on any atom is -0.493 e. The molecule has 202 valence electrons. The average molecular weight is 568 g/mol. The topological polar surface area (TPSA) is 94.3 Å². The molecule has 0 bridgehead atoms. The molecule has 1 aliphatic rings. The molecular weight excluding hydrogens is 553 g/mol. The third-order valence-corrected chi connectivity index (χ3v) is 5.81. The monoisotopic (exact) mass is 567 g/mol. The number of halogens is 6. The number of nitrogens with zero attached hydrogens (tertiary/aromatic N) is 3. The van der Waals surface area contributed by atoms with E-state index >= 15 is 0 Å². The van der Waals surface area contributed by atoms with Crippen LogP contribution < -0.4 is 14.5 Å². The zero-order valence-electron chi connectivity index (χ0n) is 19.9. The first-order valence-corrected chi connectivity index (χ1v) is 11.2. The fourth-order valence-electron chi connectivity index (χ4n) is 3.66. The zero-order valence-corrected chi connectivity index (χ0v) is 20.7. The Bertz CT molecular complexity index is 1570. The molecule has 0 radical (unpaired) electrons. The van der Waals surface area contributed by atoms with Gasteiger partial charge in [-0.05, 0) is 36.3 Å². The molecule has 0 saturated carbocycles. The lowest BCUT2D eigenvalue weighted by Gasteiger charge is -2.15. The molecule has 0 N–H and O–H groups in total. The maximum Gasteiger partial charge on any atom is 0.280 e. The van der Waals surface area contributed by atoms with Gasteiger partial charge in [-0.1, -0.05) is 23.7 Å². The maximum absolute atomic E-state index is 14.3. The number of benzene rings is 3. The molecule has 0 saturated heterocycles. The van der Waals surface area contributed by atoms with Crippen molar-refractivity contribution in [2.45, 2.75) is 13.5 Å². The zero-order chi connectivity index (χ0) is 28.6. The smallest absolute Gasteiger partial charge is 0.280 e. The van der Waals surface area contributed by atoms with Crippen LogP contribution in [0.1, 0.15) is 18.1 Å². The first-order valence-electron chi connectivity index (χ1n) is 10.8. The molecule has 1 aliphatic heterocycles. The van der Waals surface area contributed by atoms with E-state index in [-0.39, 0.29) is 50.7 Å². The van der Waals surface area contributed by atoms with Gasteiger partial charge in [0.2, 0.25) is 5.82 Å². The highest BCUT2D eigenvalue weighted by molar-refractivity contribution is 6.33. The fraction of sp³-hybridized carbons (Fsp3) is 0.120. The van der Waals surface area contributed by atoms with E-state index in [2.05, 4.69) is 5.10 Å². The van der Waals surface area contributed by atoms with Crippen LogP contribution in [0.3, 0.4) is 0 Å². The number of non-ortho nitro benzene ring substituents is 1. The number of carbonyl (C=O) groups excluding carboxylic acids is 1. The van der Waals surface area contributed by atoms with E-state index < -0.39 is 45.6 Å². The van der Waals surface area contributed by atoms with Gasteiger partial charge >= 0.3 is 0 Å². The first-order chi connectivity index (χ1) is 18.4. The highest BCUT2D eigenvalue weighted by Gasteiger charge is 2.37. The van der Waals surface area contributed by atoms with Crippen molar-refractivity contribution < 1.29 is 41.1 Å². The summed E-state index contributed by atoms with van der Waals surface area (Å²) in [5.74, 6) is -12.2. The highest BCUT2D eigenvalue weighted by atomic mass is 35.5. The van der Waals surface area contributed by atoms with Crippen molar-refractivity contribution in [2.24, 2.45) is 5.10 Å². The number of amides is 1. The van der Waals surface area contributed by atoms with Crippen LogP contribution in [0.15, 0.2) is 47.1 Å². The third kappa shape index (κ3) is 5.12. The molecule has 14 heteroatoms. The van der Waals surface area contributed by atoms with Gasteiger partial charge in [-0.25, -0.2) is 22.0 Å². The quantitative estimate of drug-likeness (QED) is 0.0829. The van der Waals surface area contributed by atoms with Gasteiger partial charge in [-0.15, -0.1) is 0 Å². The molecule has 0 unspecified atom stereocenters. The standard InChI is InChI=1S/C25H15ClF5N3O5/c1-11-15(25(35)33(32-11)23-21(30)19(28)18(27)20(29)22(23)31)7-13-8-16(26)24(17(9-13)38-2)39-10-12-4-3-5-14(6-12)34(36)37/h3-9H,10H2,1-2H3/b15-7+. The van der Waals surface area contributed by atoms with E-state index in [9.17, 15) is 36.9 Å². The second-order valence-corrected chi connectivity index (χ2v) is 8.44. The molecule has 0 spiro atoms. The average Bonchev–Trinajstić information content (AvgIpc) is 3.18. The van der Waals surface area contributed by atoms with Gasteiger partial charge in [0.15, 0.2) is 34.8 Å². The number of hydrogen-bond donors (Lipinski definition) is 0. The minimum atomic E-state index is -2.37. The summed E-state index contributed by atoms with van der Waals surface area (Å²) in [5, 5.41) is 14.8. The Morgan fingerprint density at radius 2 is 1.69 bits per heavy atom. The van der Waals surface area contributed by atoms with Gasteiger partial charge in [-0.2, -0.15) is 10.1 Å². The molecular formula is C25H15ClF5N3O5. The van der Waals surface area contributed by atoms with E-state index in [1.807, 2.05) is 0 Å². The summed E-state index contributed by atoms with van der Waals surface area (Å²) in [6, 6.07) is 8.51. The van der Waals surface area contributed by atoms with Crippen molar-refractivity contribution in [3.8, 4) is 11.5 Å². The van der Waals surface area contributed by atoms with E-state index in [1.54, 1.807) is 6.07 Å². The summed E-state index contributed by atoms with van der Waals surface area (Å²) in [7, 11) is 1.31. The van der Waals surface area contributed by atoms with Crippen LogP contribution in [0.2, 0.25) is 5.02 Å². The van der Waals surface area contributed by atoms with E-state index in [0.29, 0.717) is 5.56 Å².